The molecule has 0 aliphatic carbocycles. The first-order chi connectivity index (χ1) is 6.86. The van der Waals surface area contributed by atoms with E-state index in [-0.39, 0.29) is 11.7 Å². The third kappa shape index (κ3) is 2.54. The topological polar surface area (TPSA) is 40.5 Å². The van der Waals surface area contributed by atoms with Gasteiger partial charge >= 0.3 is 0 Å². The summed E-state index contributed by atoms with van der Waals surface area (Å²) in [6.07, 6.45) is 0. The molecule has 0 heterocycles. The van der Waals surface area contributed by atoms with Crippen LogP contribution in [0.1, 0.15) is 10.4 Å². The predicted octanol–water partition coefficient (Wildman–Crippen LogP) is 3.38. The van der Waals surface area contributed by atoms with Crippen LogP contribution >= 0.6 is 47.8 Å². The fraction of sp³-hybridized carbons (Fsp3) is 0.222. The average molecular weight is 402 g/mol. The van der Waals surface area contributed by atoms with Crippen LogP contribution in [-0.4, -0.2) is 30.0 Å². The number of benzene rings is 1. The highest BCUT2D eigenvalue weighted by atomic mass is 79.9. The number of hydrogen-bond acceptors (Lipinski definition) is 2. The lowest BCUT2D eigenvalue weighted by Gasteiger charge is -2.14. The number of aromatic hydroxyl groups is 1. The molecule has 0 bridgehead atoms. The smallest absolute Gasteiger partial charge is 0.255 e. The number of carbonyl (C=O) groups excluding carboxylic acids is 1. The van der Waals surface area contributed by atoms with Gasteiger partial charge < -0.3 is 10.0 Å². The fourth-order valence-corrected chi connectivity index (χ4v) is 3.46. The molecule has 3 nitrogen and oxygen atoms in total. The zero-order valence-corrected chi connectivity index (χ0v) is 12.8. The molecule has 0 fully saturated rings. The number of hydrogen-bond donors (Lipinski definition) is 1. The lowest BCUT2D eigenvalue weighted by atomic mass is 10.2. The molecule has 0 aliphatic rings. The van der Waals surface area contributed by atoms with Crippen LogP contribution in [0.2, 0.25) is 0 Å². The molecule has 1 aromatic carbocycles. The van der Waals surface area contributed by atoms with Gasteiger partial charge in [-0.3, -0.25) is 4.79 Å². The van der Waals surface area contributed by atoms with Gasteiger partial charge in [-0.25, -0.2) is 0 Å². The first-order valence-electron chi connectivity index (χ1n) is 3.94. The summed E-state index contributed by atoms with van der Waals surface area (Å²) >= 11 is 9.66. The molecule has 0 saturated carbocycles. The Hall–Kier alpha value is -0.0700. The summed E-state index contributed by atoms with van der Waals surface area (Å²) in [5, 5.41) is 9.66. The molecule has 0 aromatic heterocycles. The Kier molecular flexibility index (Phi) is 4.20. The second-order valence-electron chi connectivity index (χ2n) is 3.08. The molecule has 0 saturated heterocycles. The van der Waals surface area contributed by atoms with Crippen molar-refractivity contribution in [1.29, 1.82) is 0 Å². The van der Waals surface area contributed by atoms with Crippen molar-refractivity contribution < 1.29 is 9.90 Å². The third-order valence-corrected chi connectivity index (χ3v) is 3.77. The Bertz CT molecular complexity index is 418. The largest absolute Gasteiger partial charge is 0.506 e. The maximum absolute atomic E-state index is 11.8. The van der Waals surface area contributed by atoms with E-state index < -0.39 is 0 Å². The molecule has 0 unspecified atom stereocenters. The number of carbonyl (C=O) groups is 1. The van der Waals surface area contributed by atoms with Gasteiger partial charge in [0.05, 0.1) is 14.5 Å². The lowest BCUT2D eigenvalue weighted by molar-refractivity contribution is 0.0825. The van der Waals surface area contributed by atoms with Crippen LogP contribution in [0.4, 0.5) is 0 Å². The van der Waals surface area contributed by atoms with Crippen LogP contribution < -0.4 is 0 Å². The summed E-state index contributed by atoms with van der Waals surface area (Å²) in [7, 11) is 3.31. The van der Waals surface area contributed by atoms with Crippen molar-refractivity contribution in [2.75, 3.05) is 14.1 Å². The van der Waals surface area contributed by atoms with E-state index in [2.05, 4.69) is 47.8 Å². The molecule has 0 spiro atoms. The molecule has 1 N–H and O–H groups in total. The molecule has 6 heteroatoms. The molecule has 82 valence electrons. The van der Waals surface area contributed by atoms with Crippen molar-refractivity contribution in [3.63, 3.8) is 0 Å². The molecule has 1 aromatic rings. The summed E-state index contributed by atoms with van der Waals surface area (Å²) < 4.78 is 1.52. The summed E-state index contributed by atoms with van der Waals surface area (Å²) in [6.45, 7) is 0. The van der Waals surface area contributed by atoms with Crippen LogP contribution in [0, 0.1) is 0 Å². The number of halogens is 3. The molecule has 1 rings (SSSR count). The van der Waals surface area contributed by atoms with Gasteiger partial charge in [0.15, 0.2) is 0 Å². The van der Waals surface area contributed by atoms with Gasteiger partial charge in [-0.05, 0) is 53.9 Å². The minimum Gasteiger partial charge on any atom is -0.506 e. The number of amides is 1. The molecule has 1 amide bonds. The highest BCUT2D eigenvalue weighted by Gasteiger charge is 2.20. The van der Waals surface area contributed by atoms with E-state index >= 15 is 0 Å². The second-order valence-corrected chi connectivity index (χ2v) is 5.58. The first-order valence-corrected chi connectivity index (χ1v) is 6.32. The molecular formula is C9H8Br3NO2. The van der Waals surface area contributed by atoms with Gasteiger partial charge in [0.1, 0.15) is 5.75 Å². The summed E-state index contributed by atoms with van der Waals surface area (Å²) in [5.74, 6) is -0.167. The molecular weight excluding hydrogens is 394 g/mol. The molecule has 15 heavy (non-hydrogen) atoms. The summed E-state index contributed by atoms with van der Waals surface area (Å²) in [4.78, 5) is 13.2. The van der Waals surface area contributed by atoms with Crippen LogP contribution in [0.25, 0.3) is 0 Å². The van der Waals surface area contributed by atoms with E-state index in [0.717, 1.165) is 0 Å². The number of rotatable bonds is 1. The van der Waals surface area contributed by atoms with Gasteiger partial charge in [0, 0.05) is 18.6 Å². The van der Waals surface area contributed by atoms with Crippen molar-refractivity contribution in [2.24, 2.45) is 0 Å². The van der Waals surface area contributed by atoms with Crippen molar-refractivity contribution in [1.82, 2.24) is 4.90 Å². The van der Waals surface area contributed by atoms with Crippen LogP contribution in [0.3, 0.4) is 0 Å². The van der Waals surface area contributed by atoms with Crippen molar-refractivity contribution in [2.45, 2.75) is 0 Å². The second kappa shape index (κ2) is 4.84. The minimum absolute atomic E-state index is 0.0170. The van der Waals surface area contributed by atoms with E-state index in [1.165, 1.54) is 4.90 Å². The van der Waals surface area contributed by atoms with Crippen molar-refractivity contribution in [3.05, 3.63) is 25.0 Å². The van der Waals surface area contributed by atoms with Crippen molar-refractivity contribution >= 4 is 53.7 Å². The van der Waals surface area contributed by atoms with Crippen LogP contribution in [-0.2, 0) is 0 Å². The maximum atomic E-state index is 11.8. The Morgan fingerprint density at radius 1 is 1.27 bits per heavy atom. The predicted molar refractivity (Wildman–Crippen MR) is 69.2 cm³/mol. The SMILES string of the molecule is CN(C)C(=O)c1c(Br)cc(Br)c(O)c1Br. The number of nitrogens with zero attached hydrogens (tertiary/aromatic N) is 1. The van der Waals surface area contributed by atoms with Crippen molar-refractivity contribution in [3.8, 4) is 5.75 Å². The zero-order valence-electron chi connectivity index (χ0n) is 8.01. The summed E-state index contributed by atoms with van der Waals surface area (Å²) in [5.41, 5.74) is 0.403. The molecule has 0 radical (unpaired) electrons. The van der Waals surface area contributed by atoms with E-state index in [0.29, 0.717) is 19.0 Å². The third-order valence-electron chi connectivity index (χ3n) is 1.77. The highest BCUT2D eigenvalue weighted by Crippen LogP contribution is 2.39. The van der Waals surface area contributed by atoms with Crippen LogP contribution in [0.15, 0.2) is 19.5 Å². The molecule has 0 atom stereocenters. The van der Waals surface area contributed by atoms with Gasteiger partial charge in [-0.1, -0.05) is 0 Å². The minimum atomic E-state index is -0.184. The Morgan fingerprint density at radius 3 is 2.27 bits per heavy atom. The summed E-state index contributed by atoms with van der Waals surface area (Å²) in [6, 6.07) is 1.64. The first kappa shape index (κ1) is 13.0. The normalized spacial score (nSPS) is 10.2. The Morgan fingerprint density at radius 2 is 1.80 bits per heavy atom. The Balaban J connectivity index is 3.43. The molecule has 0 aliphatic heterocycles. The quantitative estimate of drug-likeness (QED) is 0.783. The van der Waals surface area contributed by atoms with Gasteiger partial charge in [-0.2, -0.15) is 0 Å². The fourth-order valence-electron chi connectivity index (χ4n) is 1.000. The van der Waals surface area contributed by atoms with Crippen LogP contribution in [0.5, 0.6) is 5.75 Å². The highest BCUT2D eigenvalue weighted by molar-refractivity contribution is 9.11. The van der Waals surface area contributed by atoms with E-state index in [1.807, 2.05) is 0 Å². The van der Waals surface area contributed by atoms with E-state index in [9.17, 15) is 9.90 Å². The lowest BCUT2D eigenvalue weighted by Crippen LogP contribution is -2.22. The standard InChI is InChI=1S/C9H8Br3NO2/c1-13(2)9(15)6-4(10)3-5(11)8(14)7(6)12/h3,14H,1-2H3. The van der Waals surface area contributed by atoms with Gasteiger partial charge in [0.25, 0.3) is 5.91 Å². The monoisotopic (exact) mass is 399 g/mol. The Labute approximate surface area is 113 Å². The van der Waals surface area contributed by atoms with Gasteiger partial charge in [0.2, 0.25) is 0 Å². The number of phenolic OH excluding ortho intramolecular Hbond substituents is 1. The number of phenols is 1. The zero-order chi connectivity index (χ0) is 11.7. The van der Waals surface area contributed by atoms with E-state index in [1.54, 1.807) is 20.2 Å². The van der Waals surface area contributed by atoms with E-state index in [4.69, 9.17) is 0 Å². The average Bonchev–Trinajstić information content (AvgIpc) is 2.14. The maximum Gasteiger partial charge on any atom is 0.255 e. The van der Waals surface area contributed by atoms with Gasteiger partial charge in [-0.15, -0.1) is 0 Å².